The van der Waals surface area contributed by atoms with Crippen LogP contribution in [0.3, 0.4) is 0 Å². The van der Waals surface area contributed by atoms with E-state index in [9.17, 15) is 43.5 Å². The van der Waals surface area contributed by atoms with Gasteiger partial charge in [-0.15, -0.1) is 0 Å². The van der Waals surface area contributed by atoms with E-state index >= 15 is 0 Å². The number of rotatable bonds is 94. The number of ether oxygens (including phenoxy) is 3. The number of phosphoric ester groups is 2. The quantitative estimate of drug-likeness (QED) is 0.0146. The van der Waals surface area contributed by atoms with Gasteiger partial charge in [-0.05, 0) is 161 Å². The topological polar surface area (TPSA) is 231 Å². The number of phosphoric acid groups is 2. The van der Waals surface area contributed by atoms with Crippen molar-refractivity contribution in [2.24, 2.45) is 0 Å². The summed E-state index contributed by atoms with van der Waals surface area (Å²) in [4.78, 5) is 59.2. The SMILES string of the molecule is CC/C=C\C/C=C\C/C=C\C/C=C\C/C=C\C/C=C\CCCCCCCCCCCCCCCCC(=O)OCC(O)COP(=O)(O)OCC(O)COP(=O)(O)OCC(COC(=O)CCCCCCCCCCCCCCCCC/C=C\C/C=C\C/C=C\C/C=C\C/C=C\CC)OC(=O)CCCCCCCCCCC/C=C\C/C=C\C/C=C\C/C=C\CCCCC. The van der Waals surface area contributed by atoms with Gasteiger partial charge in [0.15, 0.2) is 6.10 Å². The van der Waals surface area contributed by atoms with Gasteiger partial charge in [-0.25, -0.2) is 9.13 Å². The molecule has 0 aliphatic heterocycles. The van der Waals surface area contributed by atoms with Crippen molar-refractivity contribution in [3.8, 4) is 0 Å². The average Bonchev–Trinajstić information content (AvgIpc) is 0.902. The molecule has 5 unspecified atom stereocenters. The predicted octanol–water partition coefficient (Wildman–Crippen LogP) is 31.6. The molecule has 0 saturated carbocycles. The Morgan fingerprint density at radius 1 is 0.232 bits per heavy atom. The minimum Gasteiger partial charge on any atom is -0.463 e. The summed E-state index contributed by atoms with van der Waals surface area (Å²) in [5.74, 6) is -1.57. The first-order chi connectivity index (χ1) is 61.2. The maximum Gasteiger partial charge on any atom is 0.472 e. The minimum atomic E-state index is -4.95. The van der Waals surface area contributed by atoms with E-state index in [1.165, 1.54) is 193 Å². The molecule has 0 aromatic heterocycles. The van der Waals surface area contributed by atoms with Gasteiger partial charge in [-0.2, -0.15) is 0 Å². The van der Waals surface area contributed by atoms with Crippen LogP contribution in [-0.4, -0.2) is 95.9 Å². The van der Waals surface area contributed by atoms with Crippen LogP contribution >= 0.6 is 15.6 Å². The summed E-state index contributed by atoms with van der Waals surface area (Å²) in [5.41, 5.74) is 0. The second-order valence-corrected chi connectivity index (χ2v) is 36.1. The third kappa shape index (κ3) is 99.1. The fourth-order valence-corrected chi connectivity index (χ4v) is 15.2. The lowest BCUT2D eigenvalue weighted by Crippen LogP contribution is -2.30. The summed E-state index contributed by atoms with van der Waals surface area (Å²) >= 11 is 0. The molecule has 716 valence electrons. The van der Waals surface area contributed by atoms with Crippen LogP contribution in [0.15, 0.2) is 182 Å². The van der Waals surface area contributed by atoms with Gasteiger partial charge in [-0.1, -0.05) is 421 Å². The first-order valence-corrected chi connectivity index (χ1v) is 53.1. The maximum absolute atomic E-state index is 13.1. The van der Waals surface area contributed by atoms with Crippen molar-refractivity contribution in [2.75, 3.05) is 39.6 Å². The molecular weight excluding hydrogens is 1600 g/mol. The Morgan fingerprint density at radius 3 is 0.672 bits per heavy atom. The van der Waals surface area contributed by atoms with Crippen molar-refractivity contribution in [3.63, 3.8) is 0 Å². The molecule has 0 amide bonds. The van der Waals surface area contributed by atoms with Gasteiger partial charge in [0.05, 0.1) is 26.4 Å². The van der Waals surface area contributed by atoms with Gasteiger partial charge in [-0.3, -0.25) is 32.5 Å². The fourth-order valence-electron chi connectivity index (χ4n) is 13.6. The zero-order chi connectivity index (χ0) is 90.7. The monoisotopic (exact) mass is 1790 g/mol. The van der Waals surface area contributed by atoms with Crippen LogP contribution in [0.2, 0.25) is 0 Å². The van der Waals surface area contributed by atoms with Crippen LogP contribution in [-0.2, 0) is 55.8 Å². The number of esters is 3. The standard InChI is InChI=1S/C107H182O16P2/c1-4-7-10-13-16-19-22-25-28-31-34-37-40-43-45-47-49-50-52-54-55-58-60-63-66-69-72-75-78-81-84-87-90-93-105(110)117-96-102(108)97-119-124(113,114)120-98-103(109)99-121-125(115,116)122-101-104(123-107(112)95-92-89-86-83-80-77-74-71-68-65-62-57-42-39-36-33-30-27-24-21-18-15-12-9-6-3)100-118-106(111)94-91-88-85-82-79-76-73-70-67-64-61-59-56-53-51-48-46-44-41-38-35-32-29-26-23-20-17-14-11-8-5-2/h7-8,10-11,16-21,25-30,34-39,43-46,49-50,57,62,102-104,108-109H,4-6,9,12-15,22-24,31-33,40-42,47-48,51-56,58-61,63-101H2,1-3H3,(H,113,114)(H,115,116)/b10-7-,11-8-,19-16-,20-17-,21-18-,28-25-,29-26-,30-27-,37-34-,38-35-,39-36-,45-43-,46-44-,50-49-,62-57-. The van der Waals surface area contributed by atoms with Crippen molar-refractivity contribution in [1.82, 2.24) is 0 Å². The smallest absolute Gasteiger partial charge is 0.463 e. The summed E-state index contributed by atoms with van der Waals surface area (Å²) in [7, 11) is -9.82. The zero-order valence-electron chi connectivity index (χ0n) is 79.2. The molecule has 0 aliphatic carbocycles. The molecular formula is C107H182O16P2. The minimum absolute atomic E-state index is 0.0944. The largest absolute Gasteiger partial charge is 0.472 e. The number of hydrogen-bond acceptors (Lipinski definition) is 14. The van der Waals surface area contributed by atoms with Gasteiger partial charge in [0.25, 0.3) is 0 Å². The van der Waals surface area contributed by atoms with E-state index in [0.717, 1.165) is 167 Å². The molecule has 0 spiro atoms. The zero-order valence-corrected chi connectivity index (χ0v) is 81.0. The highest BCUT2D eigenvalue weighted by atomic mass is 31.2. The van der Waals surface area contributed by atoms with Crippen molar-refractivity contribution in [1.29, 1.82) is 0 Å². The molecule has 0 bridgehead atoms. The number of aliphatic hydroxyl groups excluding tert-OH is 2. The van der Waals surface area contributed by atoms with E-state index in [4.69, 9.17) is 32.3 Å². The summed E-state index contributed by atoms with van der Waals surface area (Å²) in [6, 6.07) is 0. The summed E-state index contributed by atoms with van der Waals surface area (Å²) in [5, 5.41) is 20.8. The van der Waals surface area contributed by atoms with Crippen molar-refractivity contribution < 1.29 is 75.8 Å². The Kier molecular flexibility index (Phi) is 93.5. The van der Waals surface area contributed by atoms with Crippen molar-refractivity contribution in [2.45, 2.75) is 437 Å². The normalized spacial score (nSPS) is 14.5. The van der Waals surface area contributed by atoms with Crippen LogP contribution < -0.4 is 0 Å². The van der Waals surface area contributed by atoms with E-state index < -0.39 is 91.5 Å². The molecule has 0 fully saturated rings. The average molecular weight is 1790 g/mol. The van der Waals surface area contributed by atoms with E-state index in [2.05, 4.69) is 203 Å². The fraction of sp³-hybridized carbons (Fsp3) is 0.692. The molecule has 0 aromatic rings. The Labute approximate surface area is 764 Å². The second kappa shape index (κ2) is 97.7. The van der Waals surface area contributed by atoms with E-state index in [-0.39, 0.29) is 19.3 Å². The summed E-state index contributed by atoms with van der Waals surface area (Å²) in [6.07, 6.45) is 129. The molecule has 4 N–H and O–H groups in total. The second-order valence-electron chi connectivity index (χ2n) is 33.2. The Morgan fingerprint density at radius 2 is 0.424 bits per heavy atom. The van der Waals surface area contributed by atoms with E-state index in [1.54, 1.807) is 0 Å². The molecule has 5 atom stereocenters. The molecule has 125 heavy (non-hydrogen) atoms. The summed E-state index contributed by atoms with van der Waals surface area (Å²) < 4.78 is 61.7. The highest BCUT2D eigenvalue weighted by Gasteiger charge is 2.30. The molecule has 16 nitrogen and oxygen atoms in total. The lowest BCUT2D eigenvalue weighted by molar-refractivity contribution is -0.161. The van der Waals surface area contributed by atoms with Gasteiger partial charge in [0.1, 0.15) is 25.4 Å². The van der Waals surface area contributed by atoms with Gasteiger partial charge >= 0.3 is 33.6 Å². The molecule has 0 aliphatic rings. The predicted molar refractivity (Wildman–Crippen MR) is 528 cm³/mol. The first kappa shape index (κ1) is 120. The first-order valence-electron chi connectivity index (χ1n) is 50.1. The van der Waals surface area contributed by atoms with Crippen LogP contribution in [0.4, 0.5) is 0 Å². The van der Waals surface area contributed by atoms with Crippen LogP contribution in [0, 0.1) is 0 Å². The van der Waals surface area contributed by atoms with Gasteiger partial charge in [0.2, 0.25) is 0 Å². The van der Waals surface area contributed by atoms with E-state index in [0.29, 0.717) is 19.3 Å². The number of carbonyl (C=O) groups is 3. The Bertz CT molecular complexity index is 3000. The third-order valence-electron chi connectivity index (χ3n) is 21.1. The number of unbranched alkanes of at least 4 members (excludes halogenated alkanes) is 41. The summed E-state index contributed by atoms with van der Waals surface area (Å²) in [6.45, 7) is 2.48. The Balaban J connectivity index is 4.61. The number of hydrogen-bond donors (Lipinski definition) is 4. The molecule has 18 heteroatoms. The molecule has 0 rings (SSSR count). The lowest BCUT2D eigenvalue weighted by atomic mass is 10.0. The molecule has 0 radical (unpaired) electrons. The van der Waals surface area contributed by atoms with Crippen LogP contribution in [0.1, 0.15) is 419 Å². The third-order valence-corrected chi connectivity index (χ3v) is 23.0. The molecule has 0 heterocycles. The Hall–Kier alpha value is -5.35. The van der Waals surface area contributed by atoms with Crippen molar-refractivity contribution >= 4 is 33.6 Å². The number of aliphatic hydroxyl groups is 2. The number of carbonyl (C=O) groups excluding carboxylic acids is 3. The highest BCUT2D eigenvalue weighted by Crippen LogP contribution is 2.45. The highest BCUT2D eigenvalue weighted by molar-refractivity contribution is 7.47. The van der Waals surface area contributed by atoms with Crippen LogP contribution in [0.25, 0.3) is 0 Å². The van der Waals surface area contributed by atoms with Gasteiger partial charge < -0.3 is 34.2 Å². The lowest BCUT2D eigenvalue weighted by Gasteiger charge is -2.21. The van der Waals surface area contributed by atoms with Gasteiger partial charge in [0, 0.05) is 19.3 Å². The van der Waals surface area contributed by atoms with Crippen LogP contribution in [0.5, 0.6) is 0 Å². The van der Waals surface area contributed by atoms with E-state index in [1.807, 2.05) is 0 Å². The molecule has 0 aromatic carbocycles. The van der Waals surface area contributed by atoms with Crippen molar-refractivity contribution in [3.05, 3.63) is 182 Å². The molecule has 0 saturated heterocycles. The number of allylic oxidation sites excluding steroid dienone is 30. The maximum atomic E-state index is 13.1.